The summed E-state index contributed by atoms with van der Waals surface area (Å²) >= 11 is 6.08. The summed E-state index contributed by atoms with van der Waals surface area (Å²) in [5.41, 5.74) is 0.819. The molecule has 0 aliphatic heterocycles. The number of rotatable bonds is 8. The maximum Gasteiger partial charge on any atom is 0.162 e. The first kappa shape index (κ1) is 17.1. The van der Waals surface area contributed by atoms with Crippen molar-refractivity contribution in [2.75, 3.05) is 13.7 Å². The third kappa shape index (κ3) is 4.88. The van der Waals surface area contributed by atoms with Crippen molar-refractivity contribution in [2.24, 2.45) is 0 Å². The van der Waals surface area contributed by atoms with E-state index in [0.717, 1.165) is 12.1 Å². The van der Waals surface area contributed by atoms with Crippen molar-refractivity contribution < 1.29 is 9.84 Å². The highest BCUT2D eigenvalue weighted by Gasteiger charge is 2.15. The second kappa shape index (κ2) is 8.38. The number of unbranched alkanes of at least 4 members (excludes halogenated alkanes) is 2. The van der Waals surface area contributed by atoms with Gasteiger partial charge in [-0.05, 0) is 32.9 Å². The summed E-state index contributed by atoms with van der Waals surface area (Å²) in [5.74, 6) is 0.628. The minimum Gasteiger partial charge on any atom is -0.504 e. The molecule has 1 aromatic carbocycles. The standard InChI is InChI=1S/C16H26ClNO2/c1-5-6-7-8-18(12(2)3)11-13-9-14(17)10-15(20-4)16(13)19/h9-10,12,19H,5-8,11H2,1-4H3. The molecule has 0 aliphatic rings. The Bertz CT molecular complexity index is 421. The van der Waals surface area contributed by atoms with Gasteiger partial charge < -0.3 is 9.84 Å². The number of ether oxygens (including phenoxy) is 1. The van der Waals surface area contributed by atoms with Gasteiger partial charge in [0.05, 0.1) is 7.11 Å². The van der Waals surface area contributed by atoms with E-state index in [-0.39, 0.29) is 5.75 Å². The lowest BCUT2D eigenvalue weighted by molar-refractivity contribution is 0.205. The molecule has 0 amide bonds. The van der Waals surface area contributed by atoms with Crippen LogP contribution >= 0.6 is 11.6 Å². The van der Waals surface area contributed by atoms with E-state index >= 15 is 0 Å². The van der Waals surface area contributed by atoms with Crippen molar-refractivity contribution >= 4 is 11.6 Å². The molecular formula is C16H26ClNO2. The van der Waals surface area contributed by atoms with E-state index in [1.165, 1.54) is 26.4 Å². The quantitative estimate of drug-likeness (QED) is 0.720. The van der Waals surface area contributed by atoms with Crippen LogP contribution in [0.2, 0.25) is 5.02 Å². The fraction of sp³-hybridized carbons (Fsp3) is 0.625. The molecule has 1 rings (SSSR count). The van der Waals surface area contributed by atoms with Gasteiger partial charge in [0.15, 0.2) is 11.5 Å². The van der Waals surface area contributed by atoms with Crippen LogP contribution in [0.25, 0.3) is 0 Å². The number of benzene rings is 1. The van der Waals surface area contributed by atoms with Gasteiger partial charge in [0.25, 0.3) is 0 Å². The molecular weight excluding hydrogens is 274 g/mol. The Morgan fingerprint density at radius 2 is 2.00 bits per heavy atom. The van der Waals surface area contributed by atoms with Crippen LogP contribution in [0.15, 0.2) is 12.1 Å². The summed E-state index contributed by atoms with van der Waals surface area (Å²) in [5, 5.41) is 10.8. The van der Waals surface area contributed by atoms with Gasteiger partial charge >= 0.3 is 0 Å². The number of nitrogens with zero attached hydrogens (tertiary/aromatic N) is 1. The lowest BCUT2D eigenvalue weighted by atomic mass is 10.1. The van der Waals surface area contributed by atoms with Gasteiger partial charge in [0, 0.05) is 29.2 Å². The number of aromatic hydroxyl groups is 1. The van der Waals surface area contributed by atoms with E-state index in [9.17, 15) is 5.11 Å². The van der Waals surface area contributed by atoms with E-state index < -0.39 is 0 Å². The predicted molar refractivity (Wildman–Crippen MR) is 84.7 cm³/mol. The average Bonchev–Trinajstić information content (AvgIpc) is 2.41. The fourth-order valence-electron chi connectivity index (χ4n) is 2.21. The van der Waals surface area contributed by atoms with Gasteiger partial charge in [-0.3, -0.25) is 4.90 Å². The number of phenolic OH excluding ortho intramolecular Hbond substituents is 1. The third-order valence-electron chi connectivity index (χ3n) is 3.49. The van der Waals surface area contributed by atoms with Crippen molar-refractivity contribution in [3.05, 3.63) is 22.7 Å². The van der Waals surface area contributed by atoms with Gasteiger partial charge in [-0.2, -0.15) is 0 Å². The highest BCUT2D eigenvalue weighted by Crippen LogP contribution is 2.34. The number of hydrogen-bond donors (Lipinski definition) is 1. The number of phenols is 1. The van der Waals surface area contributed by atoms with Gasteiger partial charge in [-0.25, -0.2) is 0 Å². The molecule has 0 saturated carbocycles. The second-order valence-electron chi connectivity index (χ2n) is 5.39. The number of hydrogen-bond acceptors (Lipinski definition) is 3. The Labute approximate surface area is 127 Å². The van der Waals surface area contributed by atoms with Crippen molar-refractivity contribution in [1.29, 1.82) is 0 Å². The summed E-state index contributed by atoms with van der Waals surface area (Å²) in [7, 11) is 1.54. The Hall–Kier alpha value is -0.930. The summed E-state index contributed by atoms with van der Waals surface area (Å²) in [6.45, 7) is 8.26. The van der Waals surface area contributed by atoms with Crippen LogP contribution in [0.1, 0.15) is 45.6 Å². The van der Waals surface area contributed by atoms with Crippen LogP contribution in [0.5, 0.6) is 11.5 Å². The zero-order chi connectivity index (χ0) is 15.1. The molecule has 0 spiro atoms. The van der Waals surface area contributed by atoms with Crippen LogP contribution in [0.3, 0.4) is 0 Å². The molecule has 114 valence electrons. The zero-order valence-corrected chi connectivity index (χ0v) is 13.7. The molecule has 0 atom stereocenters. The molecule has 0 radical (unpaired) electrons. The molecule has 4 heteroatoms. The maximum absolute atomic E-state index is 10.2. The van der Waals surface area contributed by atoms with Crippen LogP contribution in [-0.4, -0.2) is 29.7 Å². The summed E-state index contributed by atoms with van der Waals surface area (Å²) < 4.78 is 5.15. The predicted octanol–water partition coefficient (Wildman–Crippen LogP) is 4.45. The highest BCUT2D eigenvalue weighted by molar-refractivity contribution is 6.30. The first-order chi connectivity index (χ1) is 9.49. The van der Waals surface area contributed by atoms with Crippen LogP contribution in [0, 0.1) is 0 Å². The largest absolute Gasteiger partial charge is 0.504 e. The monoisotopic (exact) mass is 299 g/mol. The first-order valence-corrected chi connectivity index (χ1v) is 7.66. The Morgan fingerprint density at radius 1 is 1.30 bits per heavy atom. The molecule has 0 heterocycles. The summed E-state index contributed by atoms with van der Waals surface area (Å²) in [6.07, 6.45) is 3.61. The van der Waals surface area contributed by atoms with Crippen LogP contribution in [0.4, 0.5) is 0 Å². The minimum atomic E-state index is 0.193. The smallest absolute Gasteiger partial charge is 0.162 e. The minimum absolute atomic E-state index is 0.193. The zero-order valence-electron chi connectivity index (χ0n) is 12.9. The molecule has 20 heavy (non-hydrogen) atoms. The topological polar surface area (TPSA) is 32.7 Å². The molecule has 0 unspecified atom stereocenters. The number of halogens is 1. The van der Waals surface area contributed by atoms with Gasteiger partial charge in [-0.15, -0.1) is 0 Å². The van der Waals surface area contributed by atoms with Crippen molar-refractivity contribution in [3.63, 3.8) is 0 Å². The average molecular weight is 300 g/mol. The van der Waals surface area contributed by atoms with Gasteiger partial charge in [-0.1, -0.05) is 31.4 Å². The lowest BCUT2D eigenvalue weighted by Gasteiger charge is -2.27. The lowest BCUT2D eigenvalue weighted by Crippen LogP contribution is -2.31. The first-order valence-electron chi connectivity index (χ1n) is 7.29. The Balaban J connectivity index is 2.85. The Kier molecular flexibility index (Phi) is 7.17. The molecule has 0 aliphatic carbocycles. The molecule has 0 saturated heterocycles. The molecule has 1 N–H and O–H groups in total. The van der Waals surface area contributed by atoms with Gasteiger partial charge in [0.2, 0.25) is 0 Å². The SMILES string of the molecule is CCCCCN(Cc1cc(Cl)cc(OC)c1O)C(C)C. The van der Waals surface area contributed by atoms with E-state index in [2.05, 4.69) is 25.7 Å². The second-order valence-corrected chi connectivity index (χ2v) is 5.82. The fourth-order valence-corrected chi connectivity index (χ4v) is 2.44. The summed E-state index contributed by atoms with van der Waals surface area (Å²) in [4.78, 5) is 2.35. The Morgan fingerprint density at radius 3 is 2.55 bits per heavy atom. The molecule has 0 bridgehead atoms. The molecule has 3 nitrogen and oxygen atoms in total. The van der Waals surface area contributed by atoms with Crippen molar-refractivity contribution in [2.45, 2.75) is 52.6 Å². The number of methoxy groups -OCH3 is 1. The van der Waals surface area contributed by atoms with Gasteiger partial charge in [0.1, 0.15) is 0 Å². The van der Waals surface area contributed by atoms with Crippen LogP contribution < -0.4 is 4.74 Å². The van der Waals surface area contributed by atoms with Crippen molar-refractivity contribution in [1.82, 2.24) is 4.90 Å². The summed E-state index contributed by atoms with van der Waals surface area (Å²) in [6, 6.07) is 3.88. The van der Waals surface area contributed by atoms with Crippen molar-refractivity contribution in [3.8, 4) is 11.5 Å². The highest BCUT2D eigenvalue weighted by atomic mass is 35.5. The van der Waals surface area contributed by atoms with Crippen LogP contribution in [-0.2, 0) is 6.54 Å². The maximum atomic E-state index is 10.2. The van der Waals surface area contributed by atoms with E-state index in [0.29, 0.717) is 23.4 Å². The molecule has 1 aromatic rings. The van der Waals surface area contributed by atoms with E-state index in [4.69, 9.17) is 16.3 Å². The third-order valence-corrected chi connectivity index (χ3v) is 3.71. The van der Waals surface area contributed by atoms with E-state index in [1.54, 1.807) is 6.07 Å². The molecule has 0 aromatic heterocycles. The normalized spacial score (nSPS) is 11.3. The van der Waals surface area contributed by atoms with E-state index in [1.807, 2.05) is 6.07 Å². The molecule has 0 fully saturated rings.